The molecule has 0 spiro atoms. The van der Waals surface area contributed by atoms with Gasteiger partial charge >= 0.3 is 0 Å². The maximum absolute atomic E-state index is 12.6. The lowest BCUT2D eigenvalue weighted by molar-refractivity contribution is 0.305. The Labute approximate surface area is 102 Å². The van der Waals surface area contributed by atoms with Crippen LogP contribution in [0.25, 0.3) is 0 Å². The van der Waals surface area contributed by atoms with Crippen molar-refractivity contribution in [2.45, 2.75) is 6.61 Å². The molecule has 16 heavy (non-hydrogen) atoms. The Morgan fingerprint density at radius 1 is 0.938 bits per heavy atom. The number of hydrogen-bond donors (Lipinski definition) is 0. The molecule has 0 aliphatic heterocycles. The molecule has 2 aromatic rings. The second-order valence-electron chi connectivity index (χ2n) is 3.37. The molecule has 2 aromatic carbocycles. The highest BCUT2D eigenvalue weighted by Gasteiger charge is 1.96. The van der Waals surface area contributed by atoms with Gasteiger partial charge in [0.1, 0.15) is 18.2 Å². The van der Waals surface area contributed by atoms with Crippen LogP contribution in [0.3, 0.4) is 0 Å². The summed E-state index contributed by atoms with van der Waals surface area (Å²) in [5.41, 5.74) is 1.08. The zero-order chi connectivity index (χ0) is 11.4. The van der Waals surface area contributed by atoms with Gasteiger partial charge in [0.25, 0.3) is 0 Å². The van der Waals surface area contributed by atoms with E-state index in [2.05, 4.69) is 15.9 Å². The van der Waals surface area contributed by atoms with Gasteiger partial charge in [0.15, 0.2) is 0 Å². The van der Waals surface area contributed by atoms with Crippen LogP contribution >= 0.6 is 15.9 Å². The molecule has 2 rings (SSSR count). The Morgan fingerprint density at radius 3 is 2.19 bits per heavy atom. The molecule has 0 aromatic heterocycles. The molecule has 0 bridgehead atoms. The third-order valence-corrected chi connectivity index (χ3v) is 2.66. The molecule has 0 unspecified atom stereocenters. The summed E-state index contributed by atoms with van der Waals surface area (Å²) in [6.45, 7) is 0.485. The Morgan fingerprint density at radius 2 is 1.56 bits per heavy atom. The lowest BCUT2D eigenvalue weighted by Crippen LogP contribution is -1.94. The Balaban J connectivity index is 1.97. The Hall–Kier alpha value is -1.35. The van der Waals surface area contributed by atoms with Crippen molar-refractivity contribution in [3.63, 3.8) is 0 Å². The fourth-order valence-electron chi connectivity index (χ4n) is 1.28. The summed E-state index contributed by atoms with van der Waals surface area (Å²) in [4.78, 5) is 0. The topological polar surface area (TPSA) is 9.23 Å². The normalized spacial score (nSPS) is 10.1. The zero-order valence-electron chi connectivity index (χ0n) is 8.49. The van der Waals surface area contributed by atoms with Crippen LogP contribution in [0.2, 0.25) is 0 Å². The van der Waals surface area contributed by atoms with Crippen LogP contribution in [-0.4, -0.2) is 0 Å². The number of ether oxygens (including phenoxy) is 1. The molecule has 0 aliphatic rings. The van der Waals surface area contributed by atoms with Gasteiger partial charge in [-0.05, 0) is 42.0 Å². The molecule has 0 heterocycles. The molecule has 0 fully saturated rings. The van der Waals surface area contributed by atoms with Crippen molar-refractivity contribution in [3.8, 4) is 5.75 Å². The van der Waals surface area contributed by atoms with Crippen molar-refractivity contribution in [2.24, 2.45) is 0 Å². The second-order valence-corrected chi connectivity index (χ2v) is 4.28. The first-order valence-corrected chi connectivity index (χ1v) is 5.66. The van der Waals surface area contributed by atoms with Crippen LogP contribution in [0.15, 0.2) is 53.0 Å². The van der Waals surface area contributed by atoms with Crippen LogP contribution < -0.4 is 4.74 Å². The smallest absolute Gasteiger partial charge is 0.123 e. The molecule has 0 N–H and O–H groups in total. The van der Waals surface area contributed by atoms with Gasteiger partial charge < -0.3 is 4.74 Å². The van der Waals surface area contributed by atoms with Gasteiger partial charge in [0.2, 0.25) is 0 Å². The molecule has 0 aliphatic carbocycles. The van der Waals surface area contributed by atoms with E-state index >= 15 is 0 Å². The third kappa shape index (κ3) is 3.07. The molecule has 0 amide bonds. The minimum absolute atomic E-state index is 0.254. The summed E-state index contributed by atoms with van der Waals surface area (Å²) in [6.07, 6.45) is 0. The van der Waals surface area contributed by atoms with E-state index in [1.54, 1.807) is 12.1 Å². The number of benzene rings is 2. The van der Waals surface area contributed by atoms with Crippen molar-refractivity contribution in [3.05, 3.63) is 64.4 Å². The minimum Gasteiger partial charge on any atom is -0.489 e. The molecule has 0 atom stereocenters. The van der Waals surface area contributed by atoms with Gasteiger partial charge in [-0.1, -0.05) is 28.1 Å². The van der Waals surface area contributed by atoms with Crippen LogP contribution in [0.4, 0.5) is 4.39 Å². The molecular formula is C13H10BrFO. The van der Waals surface area contributed by atoms with Crippen molar-refractivity contribution in [1.82, 2.24) is 0 Å². The quantitative estimate of drug-likeness (QED) is 0.820. The van der Waals surface area contributed by atoms with Crippen LogP contribution in [0.5, 0.6) is 5.75 Å². The first-order chi connectivity index (χ1) is 7.74. The highest BCUT2D eigenvalue weighted by Crippen LogP contribution is 2.15. The first-order valence-electron chi connectivity index (χ1n) is 4.87. The molecule has 0 radical (unpaired) electrons. The summed E-state index contributed by atoms with van der Waals surface area (Å²) in [6, 6.07) is 13.9. The molecular weight excluding hydrogens is 271 g/mol. The maximum atomic E-state index is 12.6. The average molecular weight is 281 g/mol. The van der Waals surface area contributed by atoms with E-state index in [-0.39, 0.29) is 5.82 Å². The van der Waals surface area contributed by atoms with Gasteiger partial charge in [-0.3, -0.25) is 0 Å². The number of rotatable bonds is 3. The SMILES string of the molecule is Fc1ccc(OCc2ccc(Br)cc2)cc1. The predicted octanol–water partition coefficient (Wildman–Crippen LogP) is 4.17. The van der Waals surface area contributed by atoms with E-state index < -0.39 is 0 Å². The van der Waals surface area contributed by atoms with Crippen LogP contribution in [0, 0.1) is 5.82 Å². The molecule has 3 heteroatoms. The van der Waals surface area contributed by atoms with E-state index in [1.165, 1.54) is 12.1 Å². The molecule has 82 valence electrons. The monoisotopic (exact) mass is 280 g/mol. The Bertz CT molecular complexity index is 405. The van der Waals surface area contributed by atoms with E-state index in [9.17, 15) is 4.39 Å². The van der Waals surface area contributed by atoms with Crippen molar-refractivity contribution in [2.75, 3.05) is 0 Å². The number of halogens is 2. The second kappa shape index (κ2) is 5.12. The van der Waals surface area contributed by atoms with Crippen LogP contribution in [0.1, 0.15) is 5.56 Å². The van der Waals surface area contributed by atoms with Crippen molar-refractivity contribution < 1.29 is 9.13 Å². The highest BCUT2D eigenvalue weighted by molar-refractivity contribution is 9.10. The first kappa shape index (κ1) is 11.1. The van der Waals surface area contributed by atoms with E-state index in [4.69, 9.17) is 4.74 Å². The summed E-state index contributed by atoms with van der Waals surface area (Å²) in [5.74, 6) is 0.417. The fourth-order valence-corrected chi connectivity index (χ4v) is 1.54. The summed E-state index contributed by atoms with van der Waals surface area (Å²) in [5, 5.41) is 0. The molecule has 0 saturated carbocycles. The third-order valence-electron chi connectivity index (χ3n) is 2.13. The van der Waals surface area contributed by atoms with E-state index in [0.717, 1.165) is 10.0 Å². The Kier molecular flexibility index (Phi) is 3.57. The minimum atomic E-state index is -0.254. The molecule has 1 nitrogen and oxygen atoms in total. The van der Waals surface area contributed by atoms with Gasteiger partial charge in [-0.25, -0.2) is 4.39 Å². The van der Waals surface area contributed by atoms with Gasteiger partial charge in [-0.15, -0.1) is 0 Å². The largest absolute Gasteiger partial charge is 0.489 e. The lowest BCUT2D eigenvalue weighted by atomic mass is 10.2. The maximum Gasteiger partial charge on any atom is 0.123 e. The van der Waals surface area contributed by atoms with Gasteiger partial charge in [-0.2, -0.15) is 0 Å². The summed E-state index contributed by atoms with van der Waals surface area (Å²) >= 11 is 3.37. The van der Waals surface area contributed by atoms with E-state index in [0.29, 0.717) is 12.4 Å². The zero-order valence-corrected chi connectivity index (χ0v) is 10.1. The van der Waals surface area contributed by atoms with Crippen LogP contribution in [-0.2, 0) is 6.61 Å². The summed E-state index contributed by atoms with van der Waals surface area (Å²) in [7, 11) is 0. The highest BCUT2D eigenvalue weighted by atomic mass is 79.9. The van der Waals surface area contributed by atoms with Gasteiger partial charge in [0.05, 0.1) is 0 Å². The van der Waals surface area contributed by atoms with E-state index in [1.807, 2.05) is 24.3 Å². The molecule has 0 saturated heterocycles. The van der Waals surface area contributed by atoms with Crippen molar-refractivity contribution >= 4 is 15.9 Å². The van der Waals surface area contributed by atoms with Crippen molar-refractivity contribution in [1.29, 1.82) is 0 Å². The summed E-state index contributed by atoms with van der Waals surface area (Å²) < 4.78 is 19.2. The standard InChI is InChI=1S/C13H10BrFO/c14-11-3-1-10(2-4-11)9-16-13-7-5-12(15)6-8-13/h1-8H,9H2. The number of hydrogen-bond acceptors (Lipinski definition) is 1. The lowest BCUT2D eigenvalue weighted by Gasteiger charge is -2.06. The average Bonchev–Trinajstić information content (AvgIpc) is 2.30. The fraction of sp³-hybridized carbons (Fsp3) is 0.0769. The predicted molar refractivity (Wildman–Crippen MR) is 64.9 cm³/mol. The van der Waals surface area contributed by atoms with Gasteiger partial charge in [0, 0.05) is 4.47 Å².